The highest BCUT2D eigenvalue weighted by atomic mass is 19.1. The van der Waals surface area contributed by atoms with Crippen LogP contribution in [-0.2, 0) is 4.74 Å². The summed E-state index contributed by atoms with van der Waals surface area (Å²) in [4.78, 5) is 4.23. The van der Waals surface area contributed by atoms with E-state index in [1.807, 2.05) is 0 Å². The van der Waals surface area contributed by atoms with Crippen LogP contribution >= 0.6 is 0 Å². The second-order valence-corrected chi connectivity index (χ2v) is 5.40. The van der Waals surface area contributed by atoms with Gasteiger partial charge in [0.05, 0.1) is 17.8 Å². The molecule has 1 aliphatic carbocycles. The molecule has 0 spiro atoms. The van der Waals surface area contributed by atoms with Gasteiger partial charge < -0.3 is 15.8 Å². The molecule has 6 heteroatoms. The number of benzene rings is 1. The fraction of sp³-hybridized carbons (Fsp3) is 0.533. The Balaban J connectivity index is 2.02. The summed E-state index contributed by atoms with van der Waals surface area (Å²) in [5.74, 6) is -1.05. The first-order valence-electron chi connectivity index (χ1n) is 7.12. The molecule has 0 amide bonds. The van der Waals surface area contributed by atoms with Crippen molar-refractivity contribution < 1.29 is 13.5 Å². The van der Waals surface area contributed by atoms with E-state index in [2.05, 4.69) is 10.3 Å². The lowest BCUT2D eigenvalue weighted by Crippen LogP contribution is -2.38. The molecule has 1 aromatic rings. The van der Waals surface area contributed by atoms with Gasteiger partial charge in [0.2, 0.25) is 0 Å². The fourth-order valence-corrected chi connectivity index (χ4v) is 2.62. The van der Waals surface area contributed by atoms with Crippen LogP contribution in [0, 0.1) is 11.6 Å². The third-order valence-corrected chi connectivity index (χ3v) is 3.93. The molecule has 1 saturated carbocycles. The highest BCUT2D eigenvalue weighted by Gasteiger charge is 2.31. The second kappa shape index (κ2) is 6.85. The molecule has 0 heterocycles. The zero-order valence-corrected chi connectivity index (χ0v) is 12.2. The minimum atomic E-state index is -0.575. The van der Waals surface area contributed by atoms with Gasteiger partial charge in [0.1, 0.15) is 11.6 Å². The molecule has 21 heavy (non-hydrogen) atoms. The normalized spacial score (nSPS) is 18.5. The molecular formula is C15H21F2N3O. The predicted octanol–water partition coefficient (Wildman–Crippen LogP) is 3.04. The molecular weight excluding hydrogens is 276 g/mol. The molecule has 0 radical (unpaired) electrons. The maximum atomic E-state index is 13.5. The molecule has 0 saturated heterocycles. The molecule has 2 rings (SSSR count). The number of hydrogen-bond acceptors (Lipinski definition) is 2. The summed E-state index contributed by atoms with van der Waals surface area (Å²) in [5.41, 5.74) is 5.44. The molecule has 4 nitrogen and oxygen atoms in total. The van der Waals surface area contributed by atoms with Crippen LogP contribution in [0.3, 0.4) is 0 Å². The van der Waals surface area contributed by atoms with E-state index < -0.39 is 11.6 Å². The van der Waals surface area contributed by atoms with Gasteiger partial charge in [-0.15, -0.1) is 0 Å². The standard InChI is InChI=1S/C15H21F2N3O/c1-21-15(7-3-2-4-8-15)10-19-14(18)20-13-9-11(16)5-6-12(13)17/h5-6,9H,2-4,7-8,10H2,1H3,(H3,18,19,20). The average Bonchev–Trinajstić information content (AvgIpc) is 2.50. The van der Waals surface area contributed by atoms with Crippen LogP contribution in [-0.4, -0.2) is 25.2 Å². The van der Waals surface area contributed by atoms with Crippen molar-refractivity contribution in [2.45, 2.75) is 37.7 Å². The fourth-order valence-electron chi connectivity index (χ4n) is 2.62. The molecule has 1 aliphatic rings. The lowest BCUT2D eigenvalue weighted by atomic mass is 9.85. The zero-order valence-electron chi connectivity index (χ0n) is 12.2. The minimum Gasteiger partial charge on any atom is -0.376 e. The van der Waals surface area contributed by atoms with E-state index in [1.165, 1.54) is 6.42 Å². The third kappa shape index (κ3) is 4.14. The quantitative estimate of drug-likeness (QED) is 0.663. The largest absolute Gasteiger partial charge is 0.376 e. The Bertz CT molecular complexity index is 514. The Morgan fingerprint density at radius 3 is 2.71 bits per heavy atom. The Morgan fingerprint density at radius 1 is 1.33 bits per heavy atom. The number of aliphatic imine (C=N–C) groups is 1. The van der Waals surface area contributed by atoms with E-state index in [-0.39, 0.29) is 17.2 Å². The maximum Gasteiger partial charge on any atom is 0.193 e. The molecule has 0 unspecified atom stereocenters. The van der Waals surface area contributed by atoms with Crippen molar-refractivity contribution in [1.29, 1.82) is 0 Å². The summed E-state index contributed by atoms with van der Waals surface area (Å²) in [6, 6.07) is 3.14. The van der Waals surface area contributed by atoms with Crippen molar-refractivity contribution in [3.63, 3.8) is 0 Å². The topological polar surface area (TPSA) is 59.6 Å². The molecule has 0 bridgehead atoms. The van der Waals surface area contributed by atoms with E-state index in [0.29, 0.717) is 6.54 Å². The predicted molar refractivity (Wildman–Crippen MR) is 79.3 cm³/mol. The van der Waals surface area contributed by atoms with E-state index >= 15 is 0 Å². The van der Waals surface area contributed by atoms with E-state index in [1.54, 1.807) is 7.11 Å². The van der Waals surface area contributed by atoms with Crippen LogP contribution in [0.1, 0.15) is 32.1 Å². The van der Waals surface area contributed by atoms with Crippen LogP contribution in [0.4, 0.5) is 14.5 Å². The first kappa shape index (κ1) is 15.7. The van der Waals surface area contributed by atoms with E-state index in [4.69, 9.17) is 10.5 Å². The van der Waals surface area contributed by atoms with Gasteiger partial charge in [0.15, 0.2) is 5.96 Å². The third-order valence-electron chi connectivity index (χ3n) is 3.93. The molecule has 0 aromatic heterocycles. The Morgan fingerprint density at radius 2 is 2.05 bits per heavy atom. The summed E-state index contributed by atoms with van der Waals surface area (Å²) < 4.78 is 32.2. The first-order chi connectivity index (χ1) is 10.0. The number of guanidine groups is 1. The summed E-state index contributed by atoms with van der Waals surface area (Å²) in [6.45, 7) is 0.416. The van der Waals surface area contributed by atoms with Crippen LogP contribution in [0.25, 0.3) is 0 Å². The summed E-state index contributed by atoms with van der Waals surface area (Å²) >= 11 is 0. The van der Waals surface area contributed by atoms with Gasteiger partial charge in [-0.3, -0.25) is 4.99 Å². The van der Waals surface area contributed by atoms with Crippen molar-refractivity contribution in [3.8, 4) is 0 Å². The molecule has 3 N–H and O–H groups in total. The monoisotopic (exact) mass is 297 g/mol. The summed E-state index contributed by atoms with van der Waals surface area (Å²) in [5, 5.41) is 2.59. The number of anilines is 1. The number of rotatable bonds is 4. The van der Waals surface area contributed by atoms with Crippen molar-refractivity contribution in [3.05, 3.63) is 29.8 Å². The number of nitrogens with one attached hydrogen (secondary N) is 1. The van der Waals surface area contributed by atoms with Crippen molar-refractivity contribution in [2.24, 2.45) is 10.7 Å². The Labute approximate surface area is 123 Å². The van der Waals surface area contributed by atoms with Gasteiger partial charge in [0.25, 0.3) is 0 Å². The van der Waals surface area contributed by atoms with Gasteiger partial charge in [-0.2, -0.15) is 0 Å². The number of hydrogen-bond donors (Lipinski definition) is 2. The Hall–Kier alpha value is -1.69. The van der Waals surface area contributed by atoms with Crippen LogP contribution in [0.5, 0.6) is 0 Å². The maximum absolute atomic E-state index is 13.5. The number of halogens is 2. The van der Waals surface area contributed by atoms with E-state index in [0.717, 1.165) is 43.9 Å². The van der Waals surface area contributed by atoms with Gasteiger partial charge >= 0.3 is 0 Å². The molecule has 0 atom stereocenters. The number of nitrogens with zero attached hydrogens (tertiary/aromatic N) is 1. The molecule has 1 aromatic carbocycles. The number of nitrogens with two attached hydrogens (primary N) is 1. The number of methoxy groups -OCH3 is 1. The highest BCUT2D eigenvalue weighted by Crippen LogP contribution is 2.31. The van der Waals surface area contributed by atoms with Crippen LogP contribution in [0.2, 0.25) is 0 Å². The van der Waals surface area contributed by atoms with E-state index in [9.17, 15) is 8.78 Å². The highest BCUT2D eigenvalue weighted by molar-refractivity contribution is 5.92. The minimum absolute atomic E-state index is 0.0219. The van der Waals surface area contributed by atoms with Gasteiger partial charge in [0, 0.05) is 13.2 Å². The molecule has 0 aliphatic heterocycles. The van der Waals surface area contributed by atoms with Crippen LogP contribution in [0.15, 0.2) is 23.2 Å². The lowest BCUT2D eigenvalue weighted by Gasteiger charge is -2.34. The van der Waals surface area contributed by atoms with Crippen molar-refractivity contribution in [2.75, 3.05) is 19.0 Å². The van der Waals surface area contributed by atoms with Crippen molar-refractivity contribution >= 4 is 11.6 Å². The second-order valence-electron chi connectivity index (χ2n) is 5.40. The van der Waals surface area contributed by atoms with Gasteiger partial charge in [-0.1, -0.05) is 19.3 Å². The Kier molecular flexibility index (Phi) is 5.12. The SMILES string of the molecule is COC1(CN=C(N)Nc2cc(F)ccc2F)CCCCC1. The smallest absolute Gasteiger partial charge is 0.193 e. The number of ether oxygens (including phenoxy) is 1. The lowest BCUT2D eigenvalue weighted by molar-refractivity contribution is -0.0308. The first-order valence-corrected chi connectivity index (χ1v) is 7.12. The molecule has 1 fully saturated rings. The molecule has 116 valence electrons. The van der Waals surface area contributed by atoms with Gasteiger partial charge in [-0.25, -0.2) is 8.78 Å². The van der Waals surface area contributed by atoms with Crippen LogP contribution < -0.4 is 11.1 Å². The average molecular weight is 297 g/mol. The summed E-state index contributed by atoms with van der Waals surface area (Å²) in [7, 11) is 1.68. The van der Waals surface area contributed by atoms with Gasteiger partial charge in [-0.05, 0) is 25.0 Å². The summed E-state index contributed by atoms with van der Waals surface area (Å²) in [6.07, 6.45) is 5.30. The zero-order chi connectivity index (χ0) is 15.3. The van der Waals surface area contributed by atoms with Crippen molar-refractivity contribution in [1.82, 2.24) is 0 Å².